The molecule has 1 fully saturated rings. The third-order valence-corrected chi connectivity index (χ3v) is 4.02. The Hall–Kier alpha value is -2.27. The lowest BCUT2D eigenvalue weighted by Gasteiger charge is -2.32. The highest BCUT2D eigenvalue weighted by atomic mass is 19.1. The molecular weight excluding hydrogens is 281 g/mol. The first-order valence-electron chi connectivity index (χ1n) is 7.51. The Kier molecular flexibility index (Phi) is 4.44. The van der Waals surface area contributed by atoms with Gasteiger partial charge in [0.1, 0.15) is 12.4 Å². The number of rotatable bonds is 3. The van der Waals surface area contributed by atoms with Crippen LogP contribution in [-0.4, -0.2) is 42.0 Å². The van der Waals surface area contributed by atoms with Crippen LogP contribution >= 0.6 is 0 Å². The van der Waals surface area contributed by atoms with Crippen LogP contribution in [0.1, 0.15) is 16.1 Å². The van der Waals surface area contributed by atoms with E-state index in [2.05, 4.69) is 4.98 Å². The first-order chi connectivity index (χ1) is 10.7. The summed E-state index contributed by atoms with van der Waals surface area (Å²) >= 11 is 0. The van der Waals surface area contributed by atoms with Gasteiger partial charge in [-0.1, -0.05) is 18.2 Å². The normalized spacial score (nSPS) is 15.8. The second kappa shape index (κ2) is 6.66. The Balaban J connectivity index is 1.58. The van der Waals surface area contributed by atoms with Gasteiger partial charge >= 0.3 is 0 Å². The molecule has 1 N–H and O–H groups in total. The average molecular weight is 300 g/mol. The fourth-order valence-corrected chi connectivity index (χ4v) is 2.77. The molecule has 3 rings (SSSR count). The summed E-state index contributed by atoms with van der Waals surface area (Å²) in [5.74, 6) is -0.661. The quantitative estimate of drug-likeness (QED) is 0.909. The molecule has 1 aliphatic rings. The van der Waals surface area contributed by atoms with Gasteiger partial charge < -0.3 is 9.80 Å². The number of aromatic nitrogens is 1. The predicted octanol–water partition coefficient (Wildman–Crippen LogP) is 0.762. The molecule has 1 saturated heterocycles. The van der Waals surface area contributed by atoms with Crippen LogP contribution < -0.4 is 4.90 Å². The topological polar surface area (TPSA) is 37.6 Å². The minimum atomic E-state index is -0.448. The Morgan fingerprint density at radius 2 is 1.86 bits per heavy atom. The number of pyridine rings is 1. The molecule has 0 spiro atoms. The van der Waals surface area contributed by atoms with Crippen molar-refractivity contribution in [1.82, 2.24) is 9.88 Å². The summed E-state index contributed by atoms with van der Waals surface area (Å²) < 4.78 is 13.7. The van der Waals surface area contributed by atoms with Crippen LogP contribution in [0.15, 0.2) is 48.7 Å². The second-order valence-electron chi connectivity index (χ2n) is 5.52. The number of carbonyl (C=O) groups excluding carboxylic acids is 1. The van der Waals surface area contributed by atoms with E-state index in [4.69, 9.17) is 0 Å². The van der Waals surface area contributed by atoms with Crippen LogP contribution in [0.5, 0.6) is 0 Å². The van der Waals surface area contributed by atoms with Crippen LogP contribution in [0.2, 0.25) is 0 Å². The van der Waals surface area contributed by atoms with Crippen molar-refractivity contribution in [2.45, 2.75) is 6.54 Å². The molecule has 1 aromatic heterocycles. The van der Waals surface area contributed by atoms with Gasteiger partial charge in [0, 0.05) is 6.20 Å². The number of piperazine rings is 1. The van der Waals surface area contributed by atoms with E-state index in [0.717, 1.165) is 25.3 Å². The van der Waals surface area contributed by atoms with Gasteiger partial charge in [-0.2, -0.15) is 0 Å². The van der Waals surface area contributed by atoms with Gasteiger partial charge in [0.15, 0.2) is 0 Å². The fourth-order valence-electron chi connectivity index (χ4n) is 2.77. The molecule has 2 heterocycles. The lowest BCUT2D eigenvalue weighted by molar-refractivity contribution is -0.917. The van der Waals surface area contributed by atoms with Crippen LogP contribution in [0, 0.1) is 5.82 Å². The van der Waals surface area contributed by atoms with Crippen molar-refractivity contribution in [3.05, 3.63) is 65.7 Å². The van der Waals surface area contributed by atoms with E-state index < -0.39 is 5.82 Å². The molecule has 0 radical (unpaired) electrons. The lowest BCUT2D eigenvalue weighted by atomic mass is 10.1. The number of hydrogen-bond donors (Lipinski definition) is 1. The average Bonchev–Trinajstić information content (AvgIpc) is 2.56. The van der Waals surface area contributed by atoms with Crippen LogP contribution in [-0.2, 0) is 6.54 Å². The third-order valence-electron chi connectivity index (χ3n) is 4.02. The smallest absolute Gasteiger partial charge is 0.257 e. The highest BCUT2D eigenvalue weighted by Gasteiger charge is 2.26. The summed E-state index contributed by atoms with van der Waals surface area (Å²) in [7, 11) is 0. The number of nitrogens with zero attached hydrogens (tertiary/aromatic N) is 2. The van der Waals surface area contributed by atoms with Crippen molar-refractivity contribution < 1.29 is 14.1 Å². The summed E-state index contributed by atoms with van der Waals surface area (Å²) in [5, 5.41) is 0. The van der Waals surface area contributed by atoms with E-state index in [1.54, 1.807) is 29.3 Å². The van der Waals surface area contributed by atoms with E-state index in [9.17, 15) is 9.18 Å². The standard InChI is InChI=1S/C17H18FN3O/c18-16-7-2-1-6-15(16)17(22)21-11-9-20(10-12-21)13-14-5-3-4-8-19-14/h1-8H,9-13H2/p+1. The maximum atomic E-state index is 13.7. The molecule has 1 amide bonds. The highest BCUT2D eigenvalue weighted by molar-refractivity contribution is 5.94. The SMILES string of the molecule is O=C(c1ccccc1F)N1CC[NH+](Cc2ccccn2)CC1. The Bertz CT molecular complexity index is 639. The number of nitrogens with one attached hydrogen (secondary N) is 1. The van der Waals surface area contributed by atoms with Crippen LogP contribution in [0.3, 0.4) is 0 Å². The zero-order valence-corrected chi connectivity index (χ0v) is 12.3. The fraction of sp³-hybridized carbons (Fsp3) is 0.294. The van der Waals surface area contributed by atoms with Gasteiger partial charge in [-0.15, -0.1) is 0 Å². The van der Waals surface area contributed by atoms with Gasteiger partial charge in [-0.25, -0.2) is 4.39 Å². The van der Waals surface area contributed by atoms with E-state index >= 15 is 0 Å². The molecule has 0 saturated carbocycles. The van der Waals surface area contributed by atoms with E-state index in [1.165, 1.54) is 11.0 Å². The molecular formula is C17H19FN3O+. The predicted molar refractivity (Wildman–Crippen MR) is 80.9 cm³/mol. The van der Waals surface area contributed by atoms with Gasteiger partial charge in [0.25, 0.3) is 5.91 Å². The molecule has 0 unspecified atom stereocenters. The molecule has 4 nitrogen and oxygen atoms in total. The van der Waals surface area contributed by atoms with Gasteiger partial charge in [0.2, 0.25) is 0 Å². The zero-order valence-electron chi connectivity index (χ0n) is 12.3. The lowest BCUT2D eigenvalue weighted by Crippen LogP contribution is -3.13. The van der Waals surface area contributed by atoms with E-state index in [0.29, 0.717) is 13.1 Å². The summed E-state index contributed by atoms with van der Waals surface area (Å²) in [6, 6.07) is 12.1. The van der Waals surface area contributed by atoms with Crippen LogP contribution in [0.25, 0.3) is 0 Å². The minimum absolute atomic E-state index is 0.163. The van der Waals surface area contributed by atoms with Gasteiger partial charge in [-0.3, -0.25) is 9.78 Å². The Morgan fingerprint density at radius 1 is 1.14 bits per heavy atom. The maximum Gasteiger partial charge on any atom is 0.257 e. The Labute approximate surface area is 129 Å². The number of carbonyl (C=O) groups is 1. The van der Waals surface area contributed by atoms with Crippen molar-refractivity contribution in [3.63, 3.8) is 0 Å². The molecule has 0 atom stereocenters. The van der Waals surface area contributed by atoms with Crippen molar-refractivity contribution in [3.8, 4) is 0 Å². The Morgan fingerprint density at radius 3 is 2.55 bits per heavy atom. The number of amides is 1. The van der Waals surface area contributed by atoms with Crippen molar-refractivity contribution >= 4 is 5.91 Å². The molecule has 5 heteroatoms. The van der Waals surface area contributed by atoms with Gasteiger partial charge in [-0.05, 0) is 24.3 Å². The maximum absolute atomic E-state index is 13.7. The molecule has 114 valence electrons. The minimum Gasteiger partial charge on any atom is -0.327 e. The molecule has 22 heavy (non-hydrogen) atoms. The molecule has 1 aliphatic heterocycles. The first kappa shape index (κ1) is 14.7. The number of benzene rings is 1. The monoisotopic (exact) mass is 300 g/mol. The van der Waals surface area contributed by atoms with Crippen molar-refractivity contribution in [1.29, 1.82) is 0 Å². The summed E-state index contributed by atoms with van der Waals surface area (Å²) in [4.78, 5) is 19.8. The largest absolute Gasteiger partial charge is 0.327 e. The highest BCUT2D eigenvalue weighted by Crippen LogP contribution is 2.10. The van der Waals surface area contributed by atoms with Crippen LogP contribution in [0.4, 0.5) is 4.39 Å². The van der Waals surface area contributed by atoms with Gasteiger partial charge in [0.05, 0.1) is 37.4 Å². The summed E-state index contributed by atoms with van der Waals surface area (Å²) in [6.45, 7) is 3.88. The molecule has 2 aromatic rings. The number of halogens is 1. The van der Waals surface area contributed by atoms with E-state index in [1.807, 2.05) is 18.2 Å². The molecule has 0 bridgehead atoms. The molecule has 0 aliphatic carbocycles. The molecule has 1 aromatic carbocycles. The number of quaternary nitrogens is 1. The summed E-state index contributed by atoms with van der Waals surface area (Å²) in [6.07, 6.45) is 1.80. The first-order valence-corrected chi connectivity index (χ1v) is 7.51. The summed E-state index contributed by atoms with van der Waals surface area (Å²) in [5.41, 5.74) is 1.22. The second-order valence-corrected chi connectivity index (χ2v) is 5.52. The van der Waals surface area contributed by atoms with E-state index in [-0.39, 0.29) is 11.5 Å². The van der Waals surface area contributed by atoms with Crippen molar-refractivity contribution in [2.75, 3.05) is 26.2 Å². The van der Waals surface area contributed by atoms with Crippen molar-refractivity contribution in [2.24, 2.45) is 0 Å². The number of hydrogen-bond acceptors (Lipinski definition) is 2. The zero-order chi connectivity index (χ0) is 15.4. The third kappa shape index (κ3) is 3.31.